The lowest BCUT2D eigenvalue weighted by Crippen LogP contribution is -2.48. The van der Waals surface area contributed by atoms with Gasteiger partial charge in [-0.25, -0.2) is 0 Å². The molecule has 7 rings (SSSR count). The highest BCUT2D eigenvalue weighted by Gasteiger charge is 2.44. The summed E-state index contributed by atoms with van der Waals surface area (Å²) in [4.78, 5) is 5.05. The van der Waals surface area contributed by atoms with Crippen LogP contribution in [0.15, 0.2) is 36.4 Å². The lowest BCUT2D eigenvalue weighted by atomic mass is 9.82. The number of rotatable bonds is 5. The fraction of sp³-hybridized carbons (Fsp3) is 0.536. The molecule has 1 saturated heterocycles. The SMILES string of the molecule is Oc1c2c(c(O)n1CC1CC=CCC1CN1CCN(c3nsc4ccccc34)CC1)C1CCC2C1. The van der Waals surface area contributed by atoms with Crippen molar-refractivity contribution in [2.24, 2.45) is 11.8 Å². The molecule has 4 aliphatic rings. The average Bonchev–Trinajstić information content (AvgIpc) is 3.66. The number of hydrogen-bond acceptors (Lipinski definition) is 6. The number of fused-ring (bicyclic) bond motifs is 6. The molecule has 3 aromatic rings. The summed E-state index contributed by atoms with van der Waals surface area (Å²) >= 11 is 1.60. The van der Waals surface area contributed by atoms with Crippen LogP contribution in [-0.2, 0) is 6.54 Å². The highest BCUT2D eigenvalue weighted by atomic mass is 32.1. The lowest BCUT2D eigenvalue weighted by Gasteiger charge is -2.39. The van der Waals surface area contributed by atoms with Crippen LogP contribution in [0.3, 0.4) is 0 Å². The number of piperazine rings is 1. The van der Waals surface area contributed by atoms with Gasteiger partial charge in [-0.15, -0.1) is 0 Å². The van der Waals surface area contributed by atoms with Gasteiger partial charge in [-0.3, -0.25) is 9.47 Å². The molecule has 2 N–H and O–H groups in total. The molecule has 3 heterocycles. The summed E-state index contributed by atoms with van der Waals surface area (Å²) in [6.07, 6.45) is 10.2. The summed E-state index contributed by atoms with van der Waals surface area (Å²) in [5.41, 5.74) is 2.12. The maximum absolute atomic E-state index is 11.0. The second-order valence-corrected chi connectivity index (χ2v) is 11.9. The molecule has 6 nitrogen and oxygen atoms in total. The van der Waals surface area contributed by atoms with E-state index in [4.69, 9.17) is 4.37 Å². The maximum Gasteiger partial charge on any atom is 0.197 e. The molecule has 35 heavy (non-hydrogen) atoms. The van der Waals surface area contributed by atoms with Gasteiger partial charge in [0.1, 0.15) is 5.82 Å². The molecular weight excluding hydrogens is 456 g/mol. The van der Waals surface area contributed by atoms with E-state index in [2.05, 4.69) is 46.2 Å². The van der Waals surface area contributed by atoms with E-state index in [-0.39, 0.29) is 0 Å². The summed E-state index contributed by atoms with van der Waals surface area (Å²) in [6, 6.07) is 8.53. The van der Waals surface area contributed by atoms with E-state index in [0.29, 0.717) is 42.0 Å². The monoisotopic (exact) mass is 490 g/mol. The van der Waals surface area contributed by atoms with Crippen molar-refractivity contribution in [2.45, 2.75) is 50.5 Å². The van der Waals surface area contributed by atoms with Crippen molar-refractivity contribution in [1.29, 1.82) is 0 Å². The van der Waals surface area contributed by atoms with Crippen LogP contribution in [0, 0.1) is 11.8 Å². The van der Waals surface area contributed by atoms with Crippen LogP contribution < -0.4 is 4.90 Å². The Kier molecular flexibility index (Phi) is 5.32. The molecule has 4 unspecified atom stereocenters. The Hall–Kier alpha value is -2.51. The first-order chi connectivity index (χ1) is 17.2. The van der Waals surface area contributed by atoms with Crippen LogP contribution in [0.1, 0.15) is 55.1 Å². The summed E-state index contributed by atoms with van der Waals surface area (Å²) in [5.74, 6) is 3.72. The Morgan fingerprint density at radius 2 is 1.51 bits per heavy atom. The third-order valence-corrected chi connectivity index (χ3v) is 10.0. The second-order valence-electron chi connectivity index (χ2n) is 11.0. The van der Waals surface area contributed by atoms with Gasteiger partial charge < -0.3 is 15.1 Å². The number of nitrogens with zero attached hydrogens (tertiary/aromatic N) is 4. The minimum Gasteiger partial charge on any atom is -0.494 e. The minimum absolute atomic E-state index is 0.349. The number of benzene rings is 1. The Balaban J connectivity index is 1.03. The lowest BCUT2D eigenvalue weighted by molar-refractivity contribution is 0.163. The molecule has 4 atom stereocenters. The Labute approximate surface area is 210 Å². The quantitative estimate of drug-likeness (QED) is 0.477. The minimum atomic E-state index is 0.349. The highest BCUT2D eigenvalue weighted by molar-refractivity contribution is 7.13. The Morgan fingerprint density at radius 1 is 0.857 bits per heavy atom. The molecule has 2 fully saturated rings. The van der Waals surface area contributed by atoms with E-state index >= 15 is 0 Å². The van der Waals surface area contributed by atoms with Crippen molar-refractivity contribution in [3.05, 3.63) is 47.5 Å². The molecule has 1 aromatic carbocycles. The third kappa shape index (κ3) is 3.58. The van der Waals surface area contributed by atoms with E-state index in [0.717, 1.165) is 81.8 Å². The fourth-order valence-corrected chi connectivity index (χ4v) is 8.09. The maximum atomic E-state index is 11.0. The van der Waals surface area contributed by atoms with Gasteiger partial charge in [-0.2, -0.15) is 4.37 Å². The van der Waals surface area contributed by atoms with Crippen LogP contribution in [0.2, 0.25) is 0 Å². The first-order valence-corrected chi connectivity index (χ1v) is 14.1. The van der Waals surface area contributed by atoms with Crippen molar-refractivity contribution in [3.8, 4) is 11.8 Å². The van der Waals surface area contributed by atoms with Crippen LogP contribution in [0.25, 0.3) is 10.1 Å². The third-order valence-electron chi connectivity index (χ3n) is 9.18. The molecule has 2 aromatic heterocycles. The van der Waals surface area contributed by atoms with E-state index in [1.807, 2.05) is 4.57 Å². The normalized spacial score (nSPS) is 28.3. The van der Waals surface area contributed by atoms with Gasteiger partial charge in [-0.05, 0) is 79.4 Å². The van der Waals surface area contributed by atoms with Gasteiger partial charge in [0.05, 0.1) is 4.70 Å². The van der Waals surface area contributed by atoms with E-state index in [1.165, 1.54) is 10.1 Å². The molecule has 0 radical (unpaired) electrons. The van der Waals surface area contributed by atoms with E-state index < -0.39 is 0 Å². The van der Waals surface area contributed by atoms with Crippen LogP contribution in [0.4, 0.5) is 5.82 Å². The first-order valence-electron chi connectivity index (χ1n) is 13.3. The fourth-order valence-electron chi connectivity index (χ4n) is 7.30. The predicted molar refractivity (Wildman–Crippen MR) is 141 cm³/mol. The van der Waals surface area contributed by atoms with Gasteiger partial charge in [0, 0.05) is 55.8 Å². The molecule has 184 valence electrons. The van der Waals surface area contributed by atoms with Crippen LogP contribution >= 0.6 is 11.5 Å². The van der Waals surface area contributed by atoms with Crippen molar-refractivity contribution in [1.82, 2.24) is 13.8 Å². The number of hydrogen-bond donors (Lipinski definition) is 2. The van der Waals surface area contributed by atoms with E-state index in [1.54, 1.807) is 11.5 Å². The molecule has 1 aliphatic heterocycles. The smallest absolute Gasteiger partial charge is 0.197 e. The molecule has 2 bridgehead atoms. The molecule has 0 amide bonds. The number of aromatic nitrogens is 2. The summed E-state index contributed by atoms with van der Waals surface area (Å²) in [5, 5.41) is 23.4. The average molecular weight is 491 g/mol. The zero-order valence-corrected chi connectivity index (χ0v) is 21.0. The van der Waals surface area contributed by atoms with Gasteiger partial charge in [0.2, 0.25) is 0 Å². The topological polar surface area (TPSA) is 64.8 Å². The Bertz CT molecular complexity index is 1240. The van der Waals surface area contributed by atoms with Gasteiger partial charge in [0.25, 0.3) is 0 Å². The number of anilines is 1. The molecular formula is C28H34N4O2S. The highest BCUT2D eigenvalue weighted by Crippen LogP contribution is 2.60. The standard InChI is InChI=1S/C28H34N4O2S/c33-27-24-18-9-10-19(15-18)25(24)28(34)32(27)17-21-6-2-1-5-20(21)16-30-11-13-31(14-12-30)26-22-7-3-4-8-23(22)35-29-26/h1-4,7-8,18-21,33-34H,5-6,9-17H2. The zero-order valence-electron chi connectivity index (χ0n) is 20.1. The molecule has 7 heteroatoms. The summed E-state index contributed by atoms with van der Waals surface area (Å²) in [7, 11) is 0. The van der Waals surface area contributed by atoms with Crippen LogP contribution in [-0.4, -0.2) is 56.8 Å². The molecule has 3 aliphatic carbocycles. The second kappa shape index (κ2) is 8.56. The Morgan fingerprint density at radius 3 is 2.23 bits per heavy atom. The predicted octanol–water partition coefficient (Wildman–Crippen LogP) is 5.28. The number of aromatic hydroxyl groups is 2. The van der Waals surface area contributed by atoms with Crippen LogP contribution in [0.5, 0.6) is 11.8 Å². The van der Waals surface area contributed by atoms with Gasteiger partial charge in [0.15, 0.2) is 11.8 Å². The van der Waals surface area contributed by atoms with Gasteiger partial charge >= 0.3 is 0 Å². The summed E-state index contributed by atoms with van der Waals surface area (Å²) < 4.78 is 7.87. The number of allylic oxidation sites excluding steroid dienone is 2. The van der Waals surface area contributed by atoms with Crippen molar-refractivity contribution < 1.29 is 10.2 Å². The van der Waals surface area contributed by atoms with Gasteiger partial charge in [-0.1, -0.05) is 24.3 Å². The summed E-state index contributed by atoms with van der Waals surface area (Å²) in [6.45, 7) is 5.91. The van der Waals surface area contributed by atoms with Crippen molar-refractivity contribution in [3.63, 3.8) is 0 Å². The van der Waals surface area contributed by atoms with E-state index in [9.17, 15) is 10.2 Å². The molecule has 1 saturated carbocycles. The van der Waals surface area contributed by atoms with Crippen molar-refractivity contribution in [2.75, 3.05) is 37.6 Å². The molecule has 0 spiro atoms. The largest absolute Gasteiger partial charge is 0.494 e. The van der Waals surface area contributed by atoms with Crippen molar-refractivity contribution >= 4 is 27.4 Å². The first kappa shape index (κ1) is 21.7. The zero-order chi connectivity index (χ0) is 23.5.